The van der Waals surface area contributed by atoms with Crippen LogP contribution in [-0.4, -0.2) is 17.8 Å². The molecule has 0 unspecified atom stereocenters. The number of hydrogen-bond acceptors (Lipinski definition) is 4. The highest BCUT2D eigenvalue weighted by Gasteiger charge is 2.14. The number of nitro benzene ring substituents is 1. The summed E-state index contributed by atoms with van der Waals surface area (Å²) in [7, 11) is 1.52. The third-order valence-electron chi connectivity index (χ3n) is 3.87. The molecule has 0 spiro atoms. The minimum Gasteiger partial charge on any atom is -0.496 e. The van der Waals surface area contributed by atoms with E-state index in [4.69, 9.17) is 4.74 Å². The Morgan fingerprint density at radius 3 is 2.64 bits per heavy atom. The molecule has 0 aliphatic carbocycles. The molecular weight excluding hydrogens is 318 g/mol. The molecule has 0 atom stereocenters. The lowest BCUT2D eigenvalue weighted by Gasteiger charge is -2.09. The molecule has 0 amide bonds. The molecule has 0 aliphatic rings. The molecule has 3 rings (SSSR count). The summed E-state index contributed by atoms with van der Waals surface area (Å²) in [5.74, 6) is 0.271. The van der Waals surface area contributed by atoms with E-state index in [9.17, 15) is 14.9 Å². The van der Waals surface area contributed by atoms with Crippen LogP contribution >= 0.6 is 0 Å². The molecule has 124 valence electrons. The monoisotopic (exact) mass is 333 g/mol. The number of nitro groups is 1. The standard InChI is InChI=1S/C20H15NO4/c1-25-19-12-10-15-6-2-3-8-17(15)20(19)18(22)11-9-14-5-4-7-16(13-14)21(23)24/h2-13H,1H3. The minimum atomic E-state index is -0.465. The summed E-state index contributed by atoms with van der Waals surface area (Å²) in [6.45, 7) is 0. The Labute approximate surface area is 144 Å². The van der Waals surface area contributed by atoms with E-state index in [0.29, 0.717) is 16.9 Å². The lowest BCUT2D eigenvalue weighted by molar-refractivity contribution is -0.384. The number of rotatable bonds is 5. The van der Waals surface area contributed by atoms with E-state index in [0.717, 1.165) is 10.8 Å². The predicted octanol–water partition coefficient (Wildman–Crippen LogP) is 4.65. The Bertz CT molecular complexity index is 992. The predicted molar refractivity (Wildman–Crippen MR) is 97.0 cm³/mol. The summed E-state index contributed by atoms with van der Waals surface area (Å²) in [5, 5.41) is 12.6. The highest BCUT2D eigenvalue weighted by atomic mass is 16.6. The van der Waals surface area contributed by atoms with Crippen molar-refractivity contribution in [3.8, 4) is 5.75 Å². The third kappa shape index (κ3) is 3.40. The molecule has 0 fully saturated rings. The average Bonchev–Trinajstić information content (AvgIpc) is 2.65. The SMILES string of the molecule is COc1ccc2ccccc2c1C(=O)C=Cc1cccc([N+](=O)[O-])c1. The molecule has 0 aromatic heterocycles. The summed E-state index contributed by atoms with van der Waals surface area (Å²) in [6, 6.07) is 17.3. The maximum atomic E-state index is 12.7. The average molecular weight is 333 g/mol. The molecule has 25 heavy (non-hydrogen) atoms. The van der Waals surface area contributed by atoms with Gasteiger partial charge in [-0.25, -0.2) is 0 Å². The Morgan fingerprint density at radius 1 is 1.08 bits per heavy atom. The van der Waals surface area contributed by atoms with Gasteiger partial charge in [0.25, 0.3) is 5.69 Å². The number of benzene rings is 3. The fourth-order valence-corrected chi connectivity index (χ4v) is 2.67. The maximum absolute atomic E-state index is 12.7. The number of fused-ring (bicyclic) bond motifs is 1. The van der Waals surface area contributed by atoms with Crippen LogP contribution in [-0.2, 0) is 0 Å². The first-order chi connectivity index (χ1) is 12.1. The molecule has 0 saturated heterocycles. The van der Waals surface area contributed by atoms with Crippen LogP contribution in [0.3, 0.4) is 0 Å². The van der Waals surface area contributed by atoms with Gasteiger partial charge in [0.1, 0.15) is 5.75 Å². The highest BCUT2D eigenvalue weighted by molar-refractivity contribution is 6.16. The molecule has 5 nitrogen and oxygen atoms in total. The lowest BCUT2D eigenvalue weighted by atomic mass is 9.99. The molecule has 3 aromatic rings. The molecule has 0 heterocycles. The van der Waals surface area contributed by atoms with Gasteiger partial charge in [0.05, 0.1) is 17.6 Å². The maximum Gasteiger partial charge on any atom is 0.270 e. The second-order valence-electron chi connectivity index (χ2n) is 5.41. The zero-order valence-electron chi connectivity index (χ0n) is 13.5. The van der Waals surface area contributed by atoms with E-state index in [1.54, 1.807) is 24.3 Å². The number of carbonyl (C=O) groups is 1. The summed E-state index contributed by atoms with van der Waals surface area (Å²) < 4.78 is 5.33. The summed E-state index contributed by atoms with van der Waals surface area (Å²) in [6.07, 6.45) is 2.97. The van der Waals surface area contributed by atoms with E-state index < -0.39 is 4.92 Å². The number of allylic oxidation sites excluding steroid dienone is 1. The molecule has 3 aromatic carbocycles. The van der Waals surface area contributed by atoms with Gasteiger partial charge in [-0.15, -0.1) is 0 Å². The third-order valence-corrected chi connectivity index (χ3v) is 3.87. The van der Waals surface area contributed by atoms with Crippen LogP contribution in [0, 0.1) is 10.1 Å². The van der Waals surface area contributed by atoms with E-state index in [1.807, 2.05) is 30.3 Å². The van der Waals surface area contributed by atoms with Gasteiger partial charge in [-0.05, 0) is 28.5 Å². The van der Waals surface area contributed by atoms with Gasteiger partial charge in [-0.1, -0.05) is 48.5 Å². The second-order valence-corrected chi connectivity index (χ2v) is 5.41. The van der Waals surface area contributed by atoms with Gasteiger partial charge in [-0.3, -0.25) is 14.9 Å². The number of nitrogens with zero attached hydrogens (tertiary/aromatic N) is 1. The molecule has 0 radical (unpaired) electrons. The van der Waals surface area contributed by atoms with Crippen LogP contribution in [0.25, 0.3) is 16.8 Å². The van der Waals surface area contributed by atoms with E-state index >= 15 is 0 Å². The first kappa shape index (κ1) is 16.4. The summed E-state index contributed by atoms with van der Waals surface area (Å²) in [5.41, 5.74) is 1.04. The van der Waals surface area contributed by atoms with Crippen molar-refractivity contribution in [2.24, 2.45) is 0 Å². The number of carbonyl (C=O) groups excluding carboxylic acids is 1. The number of ketones is 1. The Morgan fingerprint density at radius 2 is 1.88 bits per heavy atom. The summed E-state index contributed by atoms with van der Waals surface area (Å²) >= 11 is 0. The van der Waals surface area contributed by atoms with Crippen molar-refractivity contribution in [3.63, 3.8) is 0 Å². The Hall–Kier alpha value is -3.47. The molecule has 0 N–H and O–H groups in total. The molecule has 0 saturated carbocycles. The van der Waals surface area contributed by atoms with Crippen molar-refractivity contribution >= 4 is 28.3 Å². The number of methoxy groups -OCH3 is 1. The van der Waals surface area contributed by atoms with Crippen molar-refractivity contribution < 1.29 is 14.5 Å². The zero-order chi connectivity index (χ0) is 17.8. The largest absolute Gasteiger partial charge is 0.496 e. The van der Waals surface area contributed by atoms with E-state index in [1.165, 1.54) is 25.3 Å². The fourth-order valence-electron chi connectivity index (χ4n) is 2.67. The van der Waals surface area contributed by atoms with E-state index in [-0.39, 0.29) is 11.5 Å². The smallest absolute Gasteiger partial charge is 0.270 e. The number of non-ortho nitro benzene ring substituents is 1. The molecule has 0 aliphatic heterocycles. The van der Waals surface area contributed by atoms with Crippen LogP contribution in [0.15, 0.2) is 66.7 Å². The van der Waals surface area contributed by atoms with Gasteiger partial charge in [0.15, 0.2) is 5.78 Å². The van der Waals surface area contributed by atoms with Gasteiger partial charge in [0, 0.05) is 12.1 Å². The van der Waals surface area contributed by atoms with Gasteiger partial charge in [-0.2, -0.15) is 0 Å². The van der Waals surface area contributed by atoms with Gasteiger partial charge < -0.3 is 4.74 Å². The summed E-state index contributed by atoms with van der Waals surface area (Å²) in [4.78, 5) is 23.1. The van der Waals surface area contributed by atoms with Crippen molar-refractivity contribution in [2.75, 3.05) is 7.11 Å². The second kappa shape index (κ2) is 6.97. The first-order valence-electron chi connectivity index (χ1n) is 7.63. The topological polar surface area (TPSA) is 69.4 Å². The van der Waals surface area contributed by atoms with Gasteiger partial charge >= 0.3 is 0 Å². The number of hydrogen-bond donors (Lipinski definition) is 0. The Balaban J connectivity index is 2.00. The van der Waals surface area contributed by atoms with Crippen molar-refractivity contribution in [1.82, 2.24) is 0 Å². The van der Waals surface area contributed by atoms with Crippen molar-refractivity contribution in [3.05, 3.63) is 88.0 Å². The highest BCUT2D eigenvalue weighted by Crippen LogP contribution is 2.29. The Kier molecular flexibility index (Phi) is 4.57. The fraction of sp³-hybridized carbons (Fsp3) is 0.0500. The quantitative estimate of drug-likeness (QED) is 0.295. The lowest BCUT2D eigenvalue weighted by Crippen LogP contribution is -2.00. The van der Waals surface area contributed by atoms with E-state index in [2.05, 4.69) is 0 Å². The first-order valence-corrected chi connectivity index (χ1v) is 7.63. The molecule has 5 heteroatoms. The molecule has 0 bridgehead atoms. The van der Waals surface area contributed by atoms with Crippen LogP contribution in [0.2, 0.25) is 0 Å². The number of ether oxygens (including phenoxy) is 1. The van der Waals surface area contributed by atoms with Gasteiger partial charge in [0.2, 0.25) is 0 Å². The van der Waals surface area contributed by atoms with Crippen LogP contribution in [0.5, 0.6) is 5.75 Å². The van der Waals surface area contributed by atoms with Crippen LogP contribution in [0.1, 0.15) is 15.9 Å². The van der Waals surface area contributed by atoms with Crippen molar-refractivity contribution in [1.29, 1.82) is 0 Å². The van der Waals surface area contributed by atoms with Crippen LogP contribution in [0.4, 0.5) is 5.69 Å². The molecular formula is C20H15NO4. The zero-order valence-corrected chi connectivity index (χ0v) is 13.5. The van der Waals surface area contributed by atoms with Crippen LogP contribution < -0.4 is 4.74 Å². The normalized spacial score (nSPS) is 10.9. The van der Waals surface area contributed by atoms with Crippen molar-refractivity contribution in [2.45, 2.75) is 0 Å². The minimum absolute atomic E-state index is 0.0164.